The average Bonchev–Trinajstić information content (AvgIpc) is 2.45. The molecule has 9 heteroatoms. The van der Waals surface area contributed by atoms with Crippen molar-refractivity contribution >= 4 is 25.8 Å². The van der Waals surface area contributed by atoms with Gasteiger partial charge in [-0.15, -0.1) is 0 Å². The van der Waals surface area contributed by atoms with Crippen LogP contribution in [-0.4, -0.2) is 53.5 Å². The first-order valence-electron chi connectivity index (χ1n) is 6.70. The molecular formula is C13H20N2O5S2. The molecule has 0 fully saturated rings. The van der Waals surface area contributed by atoms with Gasteiger partial charge in [0.05, 0.1) is 11.4 Å². The Kier molecular flexibility index (Phi) is 6.09. The maximum atomic E-state index is 12.3. The van der Waals surface area contributed by atoms with Gasteiger partial charge in [-0.1, -0.05) is 12.1 Å². The van der Waals surface area contributed by atoms with Gasteiger partial charge < -0.3 is 4.90 Å². The highest BCUT2D eigenvalue weighted by molar-refractivity contribution is 7.93. The summed E-state index contributed by atoms with van der Waals surface area (Å²) >= 11 is 0. The standard InChI is InChI=1S/C13H20N2O5S2/c1-4-15(5-2)13(16)10-14-22(19,20)12-9-7-6-8-11(12)21(3,17)18/h6-9,14H,4-5,10H2,1-3H3. The van der Waals surface area contributed by atoms with Gasteiger partial charge in [-0.05, 0) is 26.0 Å². The maximum absolute atomic E-state index is 12.3. The van der Waals surface area contributed by atoms with Crippen LogP contribution >= 0.6 is 0 Å². The molecule has 0 unspecified atom stereocenters. The zero-order valence-corrected chi connectivity index (χ0v) is 14.4. The topological polar surface area (TPSA) is 101 Å². The number of hydrogen-bond acceptors (Lipinski definition) is 5. The molecule has 0 aliphatic rings. The predicted octanol–water partition coefficient (Wildman–Crippen LogP) is 0.237. The van der Waals surface area contributed by atoms with Crippen molar-refractivity contribution in [2.24, 2.45) is 0 Å². The summed E-state index contributed by atoms with van der Waals surface area (Å²) in [4.78, 5) is 12.7. The van der Waals surface area contributed by atoms with Crippen LogP contribution < -0.4 is 4.72 Å². The molecule has 1 aromatic rings. The Hall–Kier alpha value is -1.45. The normalized spacial score (nSPS) is 12.1. The molecule has 0 saturated heterocycles. The lowest BCUT2D eigenvalue weighted by Gasteiger charge is -2.19. The largest absolute Gasteiger partial charge is 0.342 e. The summed E-state index contributed by atoms with van der Waals surface area (Å²) in [5.41, 5.74) is 0. The lowest BCUT2D eigenvalue weighted by Crippen LogP contribution is -2.40. The molecule has 0 aliphatic heterocycles. The van der Waals surface area contributed by atoms with E-state index < -0.39 is 26.4 Å². The highest BCUT2D eigenvalue weighted by Gasteiger charge is 2.24. The van der Waals surface area contributed by atoms with E-state index in [4.69, 9.17) is 0 Å². The zero-order chi connectivity index (χ0) is 17.0. The highest BCUT2D eigenvalue weighted by Crippen LogP contribution is 2.20. The minimum absolute atomic E-state index is 0.294. The first-order valence-corrected chi connectivity index (χ1v) is 10.1. The Labute approximate surface area is 131 Å². The molecule has 0 aromatic heterocycles. The van der Waals surface area contributed by atoms with E-state index in [0.29, 0.717) is 13.1 Å². The fraction of sp³-hybridized carbons (Fsp3) is 0.462. The van der Waals surface area contributed by atoms with Crippen molar-refractivity contribution in [2.45, 2.75) is 23.6 Å². The third kappa shape index (κ3) is 4.52. The number of rotatable bonds is 7. The summed E-state index contributed by atoms with van der Waals surface area (Å²) in [5.74, 6) is -0.370. The molecule has 124 valence electrons. The van der Waals surface area contributed by atoms with Crippen LogP contribution in [-0.2, 0) is 24.7 Å². The van der Waals surface area contributed by atoms with E-state index in [2.05, 4.69) is 4.72 Å². The molecular weight excluding hydrogens is 328 g/mol. The molecule has 1 amide bonds. The summed E-state index contributed by atoms with van der Waals surface area (Å²) < 4.78 is 50.0. The first-order chi connectivity index (χ1) is 10.1. The molecule has 0 radical (unpaired) electrons. The van der Waals surface area contributed by atoms with E-state index in [1.54, 1.807) is 13.8 Å². The molecule has 0 saturated carbocycles. The number of benzene rings is 1. The van der Waals surface area contributed by atoms with Gasteiger partial charge in [0.2, 0.25) is 15.9 Å². The molecule has 0 spiro atoms. The number of carbonyl (C=O) groups excluding carboxylic acids is 1. The number of nitrogens with one attached hydrogen (secondary N) is 1. The van der Waals surface area contributed by atoms with Gasteiger partial charge in [0.25, 0.3) is 0 Å². The minimum atomic E-state index is -4.10. The number of hydrogen-bond donors (Lipinski definition) is 1. The second kappa shape index (κ2) is 7.21. The van der Waals surface area contributed by atoms with Crippen molar-refractivity contribution < 1.29 is 21.6 Å². The Morgan fingerprint density at radius 3 is 2.00 bits per heavy atom. The Balaban J connectivity index is 3.05. The number of sulfonamides is 1. The summed E-state index contributed by atoms with van der Waals surface area (Å²) in [6.45, 7) is 4.10. The van der Waals surface area contributed by atoms with Gasteiger partial charge >= 0.3 is 0 Å². The van der Waals surface area contributed by atoms with Gasteiger partial charge in [0, 0.05) is 19.3 Å². The van der Waals surface area contributed by atoms with Crippen LogP contribution in [0.2, 0.25) is 0 Å². The molecule has 1 rings (SSSR count). The summed E-state index contributed by atoms with van der Waals surface area (Å²) in [6, 6.07) is 5.28. The number of sulfone groups is 1. The number of nitrogens with zero attached hydrogens (tertiary/aromatic N) is 1. The SMILES string of the molecule is CCN(CC)C(=O)CNS(=O)(=O)c1ccccc1S(C)(=O)=O. The van der Waals surface area contributed by atoms with E-state index >= 15 is 0 Å². The quantitative estimate of drug-likeness (QED) is 0.760. The molecule has 0 atom stereocenters. The predicted molar refractivity (Wildman–Crippen MR) is 82.7 cm³/mol. The minimum Gasteiger partial charge on any atom is -0.342 e. The number of likely N-dealkylation sites (N-methyl/N-ethyl adjacent to an activating group) is 1. The van der Waals surface area contributed by atoms with E-state index in [9.17, 15) is 21.6 Å². The maximum Gasteiger partial charge on any atom is 0.242 e. The van der Waals surface area contributed by atoms with Crippen LogP contribution in [0.15, 0.2) is 34.1 Å². The van der Waals surface area contributed by atoms with Crippen molar-refractivity contribution in [1.29, 1.82) is 0 Å². The molecule has 7 nitrogen and oxygen atoms in total. The second-order valence-electron chi connectivity index (χ2n) is 4.61. The van der Waals surface area contributed by atoms with E-state index in [1.807, 2.05) is 0 Å². The molecule has 0 heterocycles. The van der Waals surface area contributed by atoms with Gasteiger partial charge in [-0.3, -0.25) is 4.79 Å². The van der Waals surface area contributed by atoms with E-state index in [0.717, 1.165) is 6.26 Å². The Morgan fingerprint density at radius 2 is 1.55 bits per heavy atom. The van der Waals surface area contributed by atoms with Crippen LogP contribution in [0.3, 0.4) is 0 Å². The fourth-order valence-corrected chi connectivity index (χ4v) is 4.50. The van der Waals surface area contributed by atoms with Crippen LogP contribution in [0.25, 0.3) is 0 Å². The van der Waals surface area contributed by atoms with Crippen molar-refractivity contribution in [3.05, 3.63) is 24.3 Å². The van der Waals surface area contributed by atoms with Gasteiger partial charge in [-0.2, -0.15) is 0 Å². The van der Waals surface area contributed by atoms with E-state index in [-0.39, 0.29) is 15.7 Å². The van der Waals surface area contributed by atoms with Crippen LogP contribution in [0, 0.1) is 0 Å². The van der Waals surface area contributed by atoms with Crippen molar-refractivity contribution in [1.82, 2.24) is 9.62 Å². The Morgan fingerprint density at radius 1 is 1.05 bits per heavy atom. The van der Waals surface area contributed by atoms with Gasteiger partial charge in [0.1, 0.15) is 4.90 Å². The summed E-state index contributed by atoms with van der Waals surface area (Å²) in [6.07, 6.45) is 0.933. The van der Waals surface area contributed by atoms with Crippen LogP contribution in [0.4, 0.5) is 0 Å². The number of carbonyl (C=O) groups is 1. The lowest BCUT2D eigenvalue weighted by atomic mass is 10.4. The number of amides is 1. The highest BCUT2D eigenvalue weighted by atomic mass is 32.2. The third-order valence-corrected chi connectivity index (χ3v) is 5.81. The lowest BCUT2D eigenvalue weighted by molar-refractivity contribution is -0.129. The molecule has 0 aliphatic carbocycles. The molecule has 1 aromatic carbocycles. The first kappa shape index (κ1) is 18.6. The van der Waals surface area contributed by atoms with E-state index in [1.165, 1.54) is 29.2 Å². The van der Waals surface area contributed by atoms with Gasteiger partial charge in [0.15, 0.2) is 9.84 Å². The van der Waals surface area contributed by atoms with Crippen molar-refractivity contribution in [2.75, 3.05) is 25.9 Å². The second-order valence-corrected chi connectivity index (χ2v) is 8.33. The summed E-state index contributed by atoms with van der Waals surface area (Å²) in [5, 5.41) is 0. The smallest absolute Gasteiger partial charge is 0.242 e. The fourth-order valence-electron chi connectivity index (χ4n) is 1.90. The van der Waals surface area contributed by atoms with Crippen molar-refractivity contribution in [3.63, 3.8) is 0 Å². The monoisotopic (exact) mass is 348 g/mol. The molecule has 0 bridgehead atoms. The Bertz CT molecular complexity index is 737. The third-order valence-electron chi connectivity index (χ3n) is 3.07. The average molecular weight is 348 g/mol. The zero-order valence-electron chi connectivity index (χ0n) is 12.7. The summed E-state index contributed by atoms with van der Waals surface area (Å²) in [7, 11) is -7.79. The van der Waals surface area contributed by atoms with Crippen LogP contribution in [0.5, 0.6) is 0 Å². The molecule has 22 heavy (non-hydrogen) atoms. The van der Waals surface area contributed by atoms with Crippen molar-refractivity contribution in [3.8, 4) is 0 Å². The van der Waals surface area contributed by atoms with Crippen LogP contribution in [0.1, 0.15) is 13.8 Å². The molecule has 1 N–H and O–H groups in total. The van der Waals surface area contributed by atoms with Gasteiger partial charge in [-0.25, -0.2) is 21.6 Å².